The molecule has 0 fully saturated rings. The first-order chi connectivity index (χ1) is 18.5. The Hall–Kier alpha value is -2.46. The van der Waals surface area contributed by atoms with E-state index >= 15 is 0 Å². The summed E-state index contributed by atoms with van der Waals surface area (Å²) >= 11 is 7.32. The van der Waals surface area contributed by atoms with Crippen molar-refractivity contribution in [2.24, 2.45) is 11.8 Å². The smallest absolute Gasteiger partial charge is 0.323 e. The Labute approximate surface area is 238 Å². The van der Waals surface area contributed by atoms with Gasteiger partial charge >= 0.3 is 6.18 Å². The number of nitrogens with one attached hydrogen (secondary N) is 2. The molecule has 0 radical (unpaired) electrons. The third-order valence-electron chi connectivity index (χ3n) is 6.95. The molecule has 0 saturated heterocycles. The van der Waals surface area contributed by atoms with Crippen molar-refractivity contribution in [2.45, 2.75) is 56.0 Å². The van der Waals surface area contributed by atoms with E-state index in [2.05, 4.69) is 23.9 Å². The fraction of sp³-hybridized carbons (Fsp3) is 0.345. The molecule has 208 valence electrons. The summed E-state index contributed by atoms with van der Waals surface area (Å²) in [6, 6.07) is 14.1. The number of anilines is 1. The molecule has 1 aliphatic carbocycles. The van der Waals surface area contributed by atoms with E-state index in [0.29, 0.717) is 25.7 Å². The van der Waals surface area contributed by atoms with E-state index < -0.39 is 22.7 Å². The molecule has 2 N–H and O–H groups in total. The summed E-state index contributed by atoms with van der Waals surface area (Å²) in [5.74, 6) is 0.379. The summed E-state index contributed by atoms with van der Waals surface area (Å²) in [7, 11) is -1.32. The predicted molar refractivity (Wildman–Crippen MR) is 153 cm³/mol. The highest BCUT2D eigenvalue weighted by Crippen LogP contribution is 2.32. The lowest BCUT2D eigenvalue weighted by molar-refractivity contribution is -0.137. The van der Waals surface area contributed by atoms with E-state index in [0.717, 1.165) is 37.8 Å². The number of rotatable bonds is 7. The molecule has 1 heterocycles. The fourth-order valence-electron chi connectivity index (χ4n) is 4.74. The van der Waals surface area contributed by atoms with Gasteiger partial charge in [0.15, 0.2) is 0 Å². The number of carbonyl (C=O) groups excluding carboxylic acids is 1. The van der Waals surface area contributed by atoms with Gasteiger partial charge in [-0.05, 0) is 97.2 Å². The Morgan fingerprint density at radius 3 is 2.49 bits per heavy atom. The zero-order valence-electron chi connectivity index (χ0n) is 21.6. The fourth-order valence-corrected chi connectivity index (χ4v) is 7.21. The highest BCUT2D eigenvalue weighted by atomic mass is 35.5. The van der Waals surface area contributed by atoms with E-state index in [1.165, 1.54) is 46.7 Å². The van der Waals surface area contributed by atoms with Gasteiger partial charge in [-0.25, -0.2) is 8.93 Å². The minimum Gasteiger partial charge on any atom is -0.323 e. The summed E-state index contributed by atoms with van der Waals surface area (Å²) in [6.07, 6.45) is 2.19. The summed E-state index contributed by atoms with van der Waals surface area (Å²) in [5, 5.41) is 2.86. The zero-order valence-corrected chi connectivity index (χ0v) is 23.9. The SMILES string of the molecule is CC1CCC(C(C)NS(=O)c2ccc(Cl)s2)Cc2ccc(NC(=O)/C=C/c3ccc(C(F)(F)F)cc3)cc2C1. The molecular weight excluding hydrogens is 565 g/mol. The number of benzene rings is 2. The van der Waals surface area contributed by atoms with Crippen molar-refractivity contribution in [3.63, 3.8) is 0 Å². The van der Waals surface area contributed by atoms with Crippen LogP contribution in [0.25, 0.3) is 6.08 Å². The number of thiophene rings is 1. The maximum absolute atomic E-state index is 12.8. The van der Waals surface area contributed by atoms with Gasteiger partial charge < -0.3 is 5.32 Å². The van der Waals surface area contributed by atoms with Crippen molar-refractivity contribution in [3.05, 3.63) is 87.3 Å². The van der Waals surface area contributed by atoms with E-state index in [9.17, 15) is 22.2 Å². The molecule has 2 aromatic carbocycles. The van der Waals surface area contributed by atoms with Crippen molar-refractivity contribution in [2.75, 3.05) is 5.32 Å². The third-order valence-corrected chi connectivity index (χ3v) is 9.77. The molecule has 4 nitrogen and oxygen atoms in total. The minimum atomic E-state index is -4.40. The summed E-state index contributed by atoms with van der Waals surface area (Å²) in [6.45, 7) is 4.29. The maximum atomic E-state index is 12.8. The number of hydrogen-bond donors (Lipinski definition) is 2. The van der Waals surface area contributed by atoms with Gasteiger partial charge in [0.25, 0.3) is 0 Å². The molecule has 0 spiro atoms. The minimum absolute atomic E-state index is 0.0274. The molecule has 1 aliphatic rings. The monoisotopic (exact) mass is 594 g/mol. The lowest BCUT2D eigenvalue weighted by atomic mass is 9.80. The average molecular weight is 595 g/mol. The van der Waals surface area contributed by atoms with Gasteiger partial charge in [0, 0.05) is 17.8 Å². The van der Waals surface area contributed by atoms with Crippen LogP contribution < -0.4 is 10.0 Å². The lowest BCUT2D eigenvalue weighted by Crippen LogP contribution is -2.36. The van der Waals surface area contributed by atoms with Crippen LogP contribution in [-0.4, -0.2) is 16.2 Å². The van der Waals surface area contributed by atoms with Gasteiger partial charge in [-0.15, -0.1) is 11.3 Å². The van der Waals surface area contributed by atoms with E-state index in [1.807, 2.05) is 18.2 Å². The van der Waals surface area contributed by atoms with Crippen LogP contribution in [0.1, 0.15) is 48.9 Å². The standard InChI is InChI=1S/C29H30ClF3N2O2S2/c1-18-3-7-21(19(2)35-39(37)28-14-12-26(30)38-28)16-22-8-11-25(17-23(22)15-18)34-27(36)13-6-20-4-9-24(10-5-20)29(31,32)33/h4-6,8-14,17-19,21,35H,3,7,15-16H2,1-2H3,(H,34,36)/b13-6+. The largest absolute Gasteiger partial charge is 0.416 e. The molecule has 4 unspecified atom stereocenters. The Kier molecular flexibility index (Phi) is 9.69. The van der Waals surface area contributed by atoms with Crippen LogP contribution in [0.2, 0.25) is 4.34 Å². The third kappa shape index (κ3) is 8.27. The summed E-state index contributed by atoms with van der Waals surface area (Å²) in [5.41, 5.74) is 2.83. The Balaban J connectivity index is 1.41. The second-order valence-corrected chi connectivity index (χ2v) is 13.2. The molecule has 0 aliphatic heterocycles. The number of amides is 1. The number of carbonyl (C=O) groups is 1. The normalized spacial score (nSPS) is 19.6. The Bertz CT molecular complexity index is 1360. The molecule has 4 atom stereocenters. The number of halogens is 4. The summed E-state index contributed by atoms with van der Waals surface area (Å²) in [4.78, 5) is 12.5. The van der Waals surface area contributed by atoms with Gasteiger partial charge in [0.2, 0.25) is 5.91 Å². The van der Waals surface area contributed by atoms with Crippen LogP contribution in [0, 0.1) is 11.8 Å². The van der Waals surface area contributed by atoms with Gasteiger partial charge in [-0.3, -0.25) is 4.79 Å². The van der Waals surface area contributed by atoms with Crippen molar-refractivity contribution in [1.29, 1.82) is 0 Å². The van der Waals surface area contributed by atoms with Crippen LogP contribution in [0.15, 0.2) is 64.9 Å². The molecular formula is C29H30ClF3N2O2S2. The first kappa shape index (κ1) is 29.5. The van der Waals surface area contributed by atoms with Crippen LogP contribution in [0.5, 0.6) is 0 Å². The van der Waals surface area contributed by atoms with Gasteiger partial charge in [-0.1, -0.05) is 43.1 Å². The van der Waals surface area contributed by atoms with Crippen molar-refractivity contribution < 1.29 is 22.2 Å². The second kappa shape index (κ2) is 12.8. The molecule has 0 bridgehead atoms. The molecule has 0 saturated carbocycles. The number of hydrogen-bond acceptors (Lipinski definition) is 3. The first-order valence-corrected chi connectivity index (χ1v) is 15.0. The molecule has 10 heteroatoms. The maximum Gasteiger partial charge on any atom is 0.416 e. The second-order valence-electron chi connectivity index (χ2n) is 10.0. The van der Waals surface area contributed by atoms with Crippen LogP contribution in [-0.2, 0) is 34.8 Å². The first-order valence-electron chi connectivity index (χ1n) is 12.7. The molecule has 4 rings (SSSR count). The van der Waals surface area contributed by atoms with Crippen molar-refractivity contribution in [1.82, 2.24) is 4.72 Å². The van der Waals surface area contributed by atoms with Crippen LogP contribution >= 0.6 is 22.9 Å². The Morgan fingerprint density at radius 2 is 1.82 bits per heavy atom. The van der Waals surface area contributed by atoms with Gasteiger partial charge in [0.1, 0.15) is 15.2 Å². The molecule has 39 heavy (non-hydrogen) atoms. The van der Waals surface area contributed by atoms with Crippen molar-refractivity contribution >= 4 is 51.6 Å². The van der Waals surface area contributed by atoms with Gasteiger partial charge in [-0.2, -0.15) is 13.2 Å². The highest BCUT2D eigenvalue weighted by Gasteiger charge is 2.30. The van der Waals surface area contributed by atoms with Crippen molar-refractivity contribution in [3.8, 4) is 0 Å². The molecule has 1 aromatic heterocycles. The van der Waals surface area contributed by atoms with Crippen LogP contribution in [0.3, 0.4) is 0 Å². The molecule has 3 aromatic rings. The van der Waals surface area contributed by atoms with Gasteiger partial charge in [0.05, 0.1) is 9.90 Å². The average Bonchev–Trinajstić information content (AvgIpc) is 3.31. The van der Waals surface area contributed by atoms with E-state index in [1.54, 1.807) is 12.1 Å². The van der Waals surface area contributed by atoms with Crippen LogP contribution in [0.4, 0.5) is 18.9 Å². The highest BCUT2D eigenvalue weighted by molar-refractivity contribution is 7.85. The lowest BCUT2D eigenvalue weighted by Gasteiger charge is -2.29. The molecule has 1 amide bonds. The summed E-state index contributed by atoms with van der Waals surface area (Å²) < 4.78 is 55.6. The number of alkyl halides is 3. The van der Waals surface area contributed by atoms with E-state index in [4.69, 9.17) is 11.6 Å². The predicted octanol–water partition coefficient (Wildman–Crippen LogP) is 7.90. The topological polar surface area (TPSA) is 58.2 Å². The van der Waals surface area contributed by atoms with E-state index in [-0.39, 0.29) is 17.9 Å². The Morgan fingerprint density at radius 1 is 1.08 bits per heavy atom. The quantitative estimate of drug-likeness (QED) is 0.273. The zero-order chi connectivity index (χ0) is 28.2. The number of fused-ring (bicyclic) bond motifs is 1.